The number of nitrogens with one attached hydrogen (secondary N) is 1. The first-order valence-electron chi connectivity index (χ1n) is 16.3. The van der Waals surface area contributed by atoms with Crippen LogP contribution in [0.1, 0.15) is 31.7 Å². The van der Waals surface area contributed by atoms with Crippen LogP contribution in [0.25, 0.3) is 11.1 Å². The van der Waals surface area contributed by atoms with Gasteiger partial charge in [0.25, 0.3) is 0 Å². The summed E-state index contributed by atoms with van der Waals surface area (Å²) in [6.07, 6.45) is 0.543. The lowest BCUT2D eigenvalue weighted by Gasteiger charge is -2.38. The Morgan fingerprint density at radius 2 is 1.74 bits per heavy atom. The van der Waals surface area contributed by atoms with Gasteiger partial charge in [-0.05, 0) is 73.2 Å². The molecule has 0 radical (unpaired) electrons. The molecule has 0 bridgehead atoms. The molecule has 12 nitrogen and oxygen atoms in total. The minimum atomic E-state index is -5.13. The summed E-state index contributed by atoms with van der Waals surface area (Å²) < 4.78 is 98.5. The van der Waals surface area contributed by atoms with Crippen molar-refractivity contribution in [2.24, 2.45) is 5.73 Å². The van der Waals surface area contributed by atoms with Gasteiger partial charge in [0.05, 0.1) is 23.7 Å². The van der Waals surface area contributed by atoms with Crippen LogP contribution in [0.4, 0.5) is 8.78 Å². The van der Waals surface area contributed by atoms with Gasteiger partial charge >= 0.3 is 5.25 Å². The number of alkyl halides is 2. The Morgan fingerprint density at radius 3 is 2.40 bits per heavy atom. The maximum atomic E-state index is 14.0. The molecule has 3 aromatic rings. The minimum Gasteiger partial charge on any atom is -0.492 e. The summed E-state index contributed by atoms with van der Waals surface area (Å²) in [5.74, 6) is 0.255. The first-order chi connectivity index (χ1) is 23.7. The van der Waals surface area contributed by atoms with Crippen molar-refractivity contribution in [2.75, 3.05) is 46.1 Å². The zero-order valence-corrected chi connectivity index (χ0v) is 29.3. The number of halogens is 2. The average molecular weight is 740 g/mol. The highest BCUT2D eigenvalue weighted by Crippen LogP contribution is 2.39. The van der Waals surface area contributed by atoms with Crippen LogP contribution in [-0.4, -0.2) is 100 Å². The molecule has 5 rings (SSSR count). The van der Waals surface area contributed by atoms with Crippen LogP contribution >= 0.6 is 0 Å². The van der Waals surface area contributed by atoms with Gasteiger partial charge in [-0.2, -0.15) is 13.1 Å². The molecule has 2 atom stereocenters. The molecule has 1 spiro atoms. The zero-order valence-electron chi connectivity index (χ0n) is 27.6. The smallest absolute Gasteiger partial charge is 0.372 e. The van der Waals surface area contributed by atoms with E-state index < -0.39 is 48.3 Å². The van der Waals surface area contributed by atoms with Crippen LogP contribution < -0.4 is 20.5 Å². The second-order valence-electron chi connectivity index (χ2n) is 12.4. The molecule has 2 saturated heterocycles. The molecule has 0 aromatic heterocycles. The van der Waals surface area contributed by atoms with Crippen LogP contribution in [0.15, 0.2) is 76.5 Å². The van der Waals surface area contributed by atoms with Gasteiger partial charge in [-0.25, -0.2) is 16.8 Å². The molecule has 0 amide bonds. The molecular weight excluding hydrogens is 697 g/mol. The lowest BCUT2D eigenvalue weighted by atomic mass is 9.88. The van der Waals surface area contributed by atoms with Crippen molar-refractivity contribution < 1.29 is 50.0 Å². The fourth-order valence-electron chi connectivity index (χ4n) is 6.14. The van der Waals surface area contributed by atoms with Gasteiger partial charge < -0.3 is 35.5 Å². The van der Waals surface area contributed by atoms with Crippen molar-refractivity contribution in [3.05, 3.63) is 72.3 Å². The zero-order chi connectivity index (χ0) is 36.2. The number of sulfone groups is 1. The summed E-state index contributed by atoms with van der Waals surface area (Å²) in [4.78, 5) is -0.610. The van der Waals surface area contributed by atoms with E-state index in [4.69, 9.17) is 25.1 Å². The number of benzene rings is 3. The number of piperidine rings is 1. The van der Waals surface area contributed by atoms with Crippen molar-refractivity contribution in [2.45, 2.75) is 65.5 Å². The number of nitrogens with two attached hydrogens (primary N) is 1. The molecule has 274 valence electrons. The summed E-state index contributed by atoms with van der Waals surface area (Å²) in [7, 11) is -9.03. The summed E-state index contributed by atoms with van der Waals surface area (Å²) in [6.45, 7) is 1.39. The molecule has 2 heterocycles. The van der Waals surface area contributed by atoms with Crippen LogP contribution in [0.3, 0.4) is 0 Å². The normalized spacial score (nSPS) is 19.0. The fourth-order valence-corrected chi connectivity index (χ4v) is 8.78. The van der Waals surface area contributed by atoms with E-state index in [9.17, 15) is 30.7 Å². The number of ether oxygens (including phenoxy) is 3. The Hall–Kier alpha value is -3.22. The number of aliphatic hydroxyl groups is 2. The molecule has 0 saturated carbocycles. The second-order valence-corrected chi connectivity index (χ2v) is 16.4. The third-order valence-corrected chi connectivity index (χ3v) is 12.7. The maximum Gasteiger partial charge on any atom is 0.372 e. The summed E-state index contributed by atoms with van der Waals surface area (Å²) in [5, 5.41) is 18.2. The SMILES string of the molecule is CCOc1ccc(-c2ccc(CN)cc2)cc1S(=O)(=O)N1CCC2(CC1)CC(NCC(O)COc1cccc(S(=O)(=O)C(F)(F)CO)c1)CO2. The van der Waals surface area contributed by atoms with Crippen LogP contribution in [0.2, 0.25) is 0 Å². The van der Waals surface area contributed by atoms with Gasteiger partial charge in [0.2, 0.25) is 19.9 Å². The van der Waals surface area contributed by atoms with E-state index in [1.54, 1.807) is 19.1 Å². The standard InChI is InChI=1S/C34H43F2N3O9S2/c1-2-46-31-11-10-26(25-8-6-24(19-37)7-9-25)16-32(31)50(44,45)39-14-12-33(13-15-39)18-27(21-48-33)38-20-28(41)22-47-29-4-3-5-30(17-29)49(42,43)34(35,36)23-40/h3-11,16-17,27-28,38,40-41H,2,12-15,18-23,37H2,1H3. The van der Waals surface area contributed by atoms with Gasteiger partial charge in [0, 0.05) is 32.2 Å². The number of nitrogens with zero attached hydrogens (tertiary/aromatic N) is 1. The lowest BCUT2D eigenvalue weighted by Crippen LogP contribution is -2.47. The number of aliphatic hydroxyl groups excluding tert-OH is 2. The summed E-state index contributed by atoms with van der Waals surface area (Å²) in [5.41, 5.74) is 7.78. The molecule has 0 aliphatic carbocycles. The first-order valence-corrected chi connectivity index (χ1v) is 19.2. The summed E-state index contributed by atoms with van der Waals surface area (Å²) in [6, 6.07) is 17.2. The number of rotatable bonds is 15. The van der Waals surface area contributed by atoms with Gasteiger partial charge in [-0.1, -0.05) is 36.4 Å². The van der Waals surface area contributed by atoms with E-state index in [0.717, 1.165) is 28.8 Å². The quantitative estimate of drug-likeness (QED) is 0.180. The van der Waals surface area contributed by atoms with Crippen molar-refractivity contribution in [1.29, 1.82) is 0 Å². The Balaban J connectivity index is 1.14. The van der Waals surface area contributed by atoms with E-state index in [2.05, 4.69) is 5.32 Å². The third-order valence-electron chi connectivity index (χ3n) is 9.00. The van der Waals surface area contributed by atoms with Gasteiger partial charge in [-0.3, -0.25) is 0 Å². The highest BCUT2D eigenvalue weighted by molar-refractivity contribution is 7.92. The van der Waals surface area contributed by atoms with Crippen LogP contribution in [-0.2, 0) is 31.1 Å². The van der Waals surface area contributed by atoms with E-state index in [1.807, 2.05) is 30.3 Å². The third kappa shape index (κ3) is 8.29. The van der Waals surface area contributed by atoms with E-state index in [1.165, 1.54) is 16.4 Å². The predicted octanol–water partition coefficient (Wildman–Crippen LogP) is 2.91. The molecular formula is C34H43F2N3O9S2. The molecule has 16 heteroatoms. The van der Waals surface area contributed by atoms with Crippen molar-refractivity contribution >= 4 is 19.9 Å². The Bertz CT molecular complexity index is 1840. The van der Waals surface area contributed by atoms with Crippen molar-refractivity contribution in [3.63, 3.8) is 0 Å². The minimum absolute atomic E-state index is 0.0370. The average Bonchev–Trinajstić information content (AvgIpc) is 3.52. The maximum absolute atomic E-state index is 14.0. The monoisotopic (exact) mass is 739 g/mol. The summed E-state index contributed by atoms with van der Waals surface area (Å²) >= 11 is 0. The Kier molecular flexibility index (Phi) is 11.8. The molecule has 2 unspecified atom stereocenters. The highest BCUT2D eigenvalue weighted by Gasteiger charge is 2.46. The van der Waals surface area contributed by atoms with Gasteiger partial charge in [0.15, 0.2) is 0 Å². The van der Waals surface area contributed by atoms with Gasteiger partial charge in [0.1, 0.15) is 35.7 Å². The van der Waals surface area contributed by atoms with E-state index in [0.29, 0.717) is 44.8 Å². The molecule has 2 aliphatic rings. The van der Waals surface area contributed by atoms with Crippen LogP contribution in [0, 0.1) is 0 Å². The molecule has 50 heavy (non-hydrogen) atoms. The fraction of sp³-hybridized carbons (Fsp3) is 0.471. The topological polar surface area (TPSA) is 178 Å². The van der Waals surface area contributed by atoms with E-state index in [-0.39, 0.29) is 42.9 Å². The molecule has 5 N–H and O–H groups in total. The lowest BCUT2D eigenvalue weighted by molar-refractivity contribution is -0.0312. The second kappa shape index (κ2) is 15.6. The number of hydrogen-bond acceptors (Lipinski definition) is 11. The first kappa shape index (κ1) is 38.0. The van der Waals surface area contributed by atoms with Crippen LogP contribution in [0.5, 0.6) is 11.5 Å². The predicted molar refractivity (Wildman–Crippen MR) is 181 cm³/mol. The largest absolute Gasteiger partial charge is 0.492 e. The molecule has 2 fully saturated rings. The van der Waals surface area contributed by atoms with Crippen molar-refractivity contribution in [1.82, 2.24) is 9.62 Å². The number of hydrogen-bond donors (Lipinski definition) is 4. The van der Waals surface area contributed by atoms with E-state index >= 15 is 0 Å². The van der Waals surface area contributed by atoms with Gasteiger partial charge in [-0.15, -0.1) is 0 Å². The van der Waals surface area contributed by atoms with Crippen molar-refractivity contribution in [3.8, 4) is 22.6 Å². The highest BCUT2D eigenvalue weighted by atomic mass is 32.2. The molecule has 2 aliphatic heterocycles. The Morgan fingerprint density at radius 1 is 1.04 bits per heavy atom. The number of sulfonamides is 1. The Labute approximate surface area is 291 Å². The molecule has 3 aromatic carbocycles.